The molecule has 3 N–H and O–H groups in total. The molecule has 0 saturated heterocycles. The summed E-state index contributed by atoms with van der Waals surface area (Å²) >= 11 is 6.06. The monoisotopic (exact) mass is 316 g/mol. The van der Waals surface area contributed by atoms with Gasteiger partial charge < -0.3 is 11.1 Å². The molecule has 1 aromatic carbocycles. The van der Waals surface area contributed by atoms with Crippen LogP contribution in [0.3, 0.4) is 0 Å². The summed E-state index contributed by atoms with van der Waals surface area (Å²) in [7, 11) is 0. The molecule has 1 aliphatic carbocycles. The van der Waals surface area contributed by atoms with Crippen molar-refractivity contribution in [3.05, 3.63) is 28.8 Å². The summed E-state index contributed by atoms with van der Waals surface area (Å²) in [4.78, 5) is 12.2. The van der Waals surface area contributed by atoms with Crippen molar-refractivity contribution in [2.45, 2.75) is 51.0 Å². The van der Waals surface area contributed by atoms with Crippen molar-refractivity contribution in [1.82, 2.24) is 5.32 Å². The number of anilines is 1. The quantitative estimate of drug-likeness (QED) is 0.804. The van der Waals surface area contributed by atoms with Crippen LogP contribution < -0.4 is 11.1 Å². The van der Waals surface area contributed by atoms with Gasteiger partial charge >= 0.3 is 0 Å². The zero-order chi connectivity index (χ0) is 13.7. The number of rotatable bonds is 2. The van der Waals surface area contributed by atoms with Crippen LogP contribution in [0, 0.1) is 0 Å². The molecule has 5 heteroatoms. The Morgan fingerprint density at radius 3 is 2.35 bits per heavy atom. The Morgan fingerprint density at radius 1 is 1.15 bits per heavy atom. The number of amides is 1. The smallest absolute Gasteiger partial charge is 0.253 e. The Kier molecular flexibility index (Phi) is 7.17. The van der Waals surface area contributed by atoms with Crippen LogP contribution in [0.4, 0.5) is 5.69 Å². The SMILES string of the molecule is Cl.Nc1ccc(C(=O)NC2CCCCCCC2)c(Cl)c1. The van der Waals surface area contributed by atoms with Gasteiger partial charge in [-0.15, -0.1) is 12.4 Å². The third kappa shape index (κ3) is 4.88. The second kappa shape index (κ2) is 8.38. The first-order valence-corrected chi connectivity index (χ1v) is 7.40. The molecular weight excluding hydrogens is 295 g/mol. The topological polar surface area (TPSA) is 55.1 Å². The number of nitrogens with one attached hydrogen (secondary N) is 1. The number of nitrogen functional groups attached to an aromatic ring is 1. The van der Waals surface area contributed by atoms with Gasteiger partial charge in [-0.2, -0.15) is 0 Å². The molecule has 0 radical (unpaired) electrons. The van der Waals surface area contributed by atoms with Crippen molar-refractivity contribution < 1.29 is 4.79 Å². The van der Waals surface area contributed by atoms with Crippen LogP contribution >= 0.6 is 24.0 Å². The van der Waals surface area contributed by atoms with Gasteiger partial charge in [-0.3, -0.25) is 4.79 Å². The maximum atomic E-state index is 12.2. The summed E-state index contributed by atoms with van der Waals surface area (Å²) in [5.74, 6) is -0.0874. The molecular formula is C15H22Cl2N2O. The van der Waals surface area contributed by atoms with E-state index in [4.69, 9.17) is 17.3 Å². The van der Waals surface area contributed by atoms with Crippen LogP contribution in [0.15, 0.2) is 18.2 Å². The van der Waals surface area contributed by atoms with E-state index in [1.54, 1.807) is 18.2 Å². The number of nitrogens with two attached hydrogens (primary N) is 1. The van der Waals surface area contributed by atoms with E-state index in [2.05, 4.69) is 5.32 Å². The van der Waals surface area contributed by atoms with E-state index in [0.717, 1.165) is 12.8 Å². The fraction of sp³-hybridized carbons (Fsp3) is 0.533. The molecule has 1 fully saturated rings. The molecule has 20 heavy (non-hydrogen) atoms. The molecule has 112 valence electrons. The lowest BCUT2D eigenvalue weighted by atomic mass is 9.96. The van der Waals surface area contributed by atoms with Crippen LogP contribution in [-0.2, 0) is 0 Å². The normalized spacial score (nSPS) is 16.6. The summed E-state index contributed by atoms with van der Waals surface area (Å²) in [5.41, 5.74) is 6.72. The second-order valence-electron chi connectivity index (χ2n) is 5.25. The molecule has 0 spiro atoms. The van der Waals surface area contributed by atoms with Crippen molar-refractivity contribution in [3.8, 4) is 0 Å². The molecule has 3 nitrogen and oxygen atoms in total. The molecule has 2 rings (SSSR count). The van der Waals surface area contributed by atoms with E-state index in [1.807, 2.05) is 0 Å². The number of halogens is 2. The van der Waals surface area contributed by atoms with E-state index in [9.17, 15) is 4.79 Å². The standard InChI is InChI=1S/C15H21ClN2O.ClH/c16-14-10-11(17)8-9-13(14)15(19)18-12-6-4-2-1-3-5-7-12;/h8-10,12H,1-7,17H2,(H,18,19);1H. The summed E-state index contributed by atoms with van der Waals surface area (Å²) < 4.78 is 0. The highest BCUT2D eigenvalue weighted by atomic mass is 35.5. The van der Waals surface area contributed by atoms with Crippen molar-refractivity contribution >= 4 is 35.6 Å². The van der Waals surface area contributed by atoms with Crippen molar-refractivity contribution in [1.29, 1.82) is 0 Å². The molecule has 0 aromatic heterocycles. The Morgan fingerprint density at radius 2 is 1.75 bits per heavy atom. The van der Waals surface area contributed by atoms with Crippen molar-refractivity contribution in [2.75, 3.05) is 5.73 Å². The fourth-order valence-corrected chi connectivity index (χ4v) is 2.85. The van der Waals surface area contributed by atoms with Crippen LogP contribution in [0.2, 0.25) is 5.02 Å². The third-order valence-corrected chi connectivity index (χ3v) is 3.99. The van der Waals surface area contributed by atoms with Gasteiger partial charge in [-0.1, -0.05) is 43.7 Å². The molecule has 1 amide bonds. The number of carbonyl (C=O) groups is 1. The minimum Gasteiger partial charge on any atom is -0.399 e. The van der Waals surface area contributed by atoms with Crippen molar-refractivity contribution in [2.24, 2.45) is 0 Å². The highest BCUT2D eigenvalue weighted by molar-refractivity contribution is 6.34. The molecule has 0 atom stereocenters. The lowest BCUT2D eigenvalue weighted by molar-refractivity contribution is 0.0930. The summed E-state index contributed by atoms with van der Waals surface area (Å²) in [6.45, 7) is 0. The van der Waals surface area contributed by atoms with E-state index < -0.39 is 0 Å². The third-order valence-electron chi connectivity index (χ3n) is 3.68. The van der Waals surface area contributed by atoms with Gasteiger partial charge in [-0.05, 0) is 31.0 Å². The lowest BCUT2D eigenvalue weighted by Crippen LogP contribution is -2.35. The van der Waals surface area contributed by atoms with Crippen LogP contribution in [-0.4, -0.2) is 11.9 Å². The minimum atomic E-state index is -0.0874. The predicted octanol–water partition coefficient (Wildman–Crippen LogP) is 4.19. The van der Waals surface area contributed by atoms with Crippen LogP contribution in [0.25, 0.3) is 0 Å². The Labute approximate surface area is 131 Å². The molecule has 1 saturated carbocycles. The van der Waals surface area contributed by atoms with Gasteiger partial charge in [0.05, 0.1) is 10.6 Å². The molecule has 0 aliphatic heterocycles. The zero-order valence-electron chi connectivity index (χ0n) is 11.5. The lowest BCUT2D eigenvalue weighted by Gasteiger charge is -2.21. The number of benzene rings is 1. The summed E-state index contributed by atoms with van der Waals surface area (Å²) in [6, 6.07) is 5.30. The number of carbonyl (C=O) groups excluding carboxylic acids is 1. The molecule has 0 unspecified atom stereocenters. The first kappa shape index (κ1) is 17.1. The molecule has 1 aromatic rings. The van der Waals surface area contributed by atoms with E-state index in [-0.39, 0.29) is 24.4 Å². The Hall–Kier alpha value is -0.930. The Bertz CT molecular complexity index is 443. The molecule has 1 aliphatic rings. The largest absolute Gasteiger partial charge is 0.399 e. The molecule has 0 bridgehead atoms. The maximum absolute atomic E-state index is 12.2. The highest BCUT2D eigenvalue weighted by Crippen LogP contribution is 2.21. The molecule has 0 heterocycles. The number of hydrogen-bond acceptors (Lipinski definition) is 2. The average Bonchev–Trinajstić information content (AvgIpc) is 2.32. The first-order chi connectivity index (χ1) is 9.16. The van der Waals surface area contributed by atoms with Gasteiger partial charge in [0, 0.05) is 11.7 Å². The van der Waals surface area contributed by atoms with E-state index >= 15 is 0 Å². The fourth-order valence-electron chi connectivity index (χ4n) is 2.58. The van der Waals surface area contributed by atoms with Crippen molar-refractivity contribution in [3.63, 3.8) is 0 Å². The summed E-state index contributed by atoms with van der Waals surface area (Å²) in [5, 5.41) is 3.52. The van der Waals surface area contributed by atoms with Gasteiger partial charge in [0.1, 0.15) is 0 Å². The van der Waals surface area contributed by atoms with Gasteiger partial charge in [0.25, 0.3) is 5.91 Å². The first-order valence-electron chi connectivity index (χ1n) is 7.02. The maximum Gasteiger partial charge on any atom is 0.253 e. The van der Waals surface area contributed by atoms with E-state index in [1.165, 1.54) is 32.1 Å². The van der Waals surface area contributed by atoms with Gasteiger partial charge in [0.2, 0.25) is 0 Å². The average molecular weight is 317 g/mol. The van der Waals surface area contributed by atoms with Gasteiger partial charge in [-0.25, -0.2) is 0 Å². The second-order valence-corrected chi connectivity index (χ2v) is 5.66. The summed E-state index contributed by atoms with van der Waals surface area (Å²) in [6.07, 6.45) is 8.39. The predicted molar refractivity (Wildman–Crippen MR) is 86.7 cm³/mol. The van der Waals surface area contributed by atoms with Crippen LogP contribution in [0.1, 0.15) is 55.3 Å². The highest BCUT2D eigenvalue weighted by Gasteiger charge is 2.16. The van der Waals surface area contributed by atoms with E-state index in [0.29, 0.717) is 16.3 Å². The van der Waals surface area contributed by atoms with Crippen LogP contribution in [0.5, 0.6) is 0 Å². The number of hydrogen-bond donors (Lipinski definition) is 2. The van der Waals surface area contributed by atoms with Gasteiger partial charge in [0.15, 0.2) is 0 Å². The Balaban J connectivity index is 0.00000200. The minimum absolute atomic E-state index is 0. The zero-order valence-corrected chi connectivity index (χ0v) is 13.1.